The third-order valence-corrected chi connectivity index (χ3v) is 4.75. The first-order valence-electron chi connectivity index (χ1n) is 8.24. The largest absolute Gasteiger partial charge is 0.369 e. The topological polar surface area (TPSA) is 15.7 Å². The summed E-state index contributed by atoms with van der Waals surface area (Å²) in [5.74, 6) is 0. The summed E-state index contributed by atoms with van der Waals surface area (Å²) >= 11 is 0. The zero-order valence-corrected chi connectivity index (χ0v) is 13.8. The Morgan fingerprint density at radius 2 is 1.95 bits per heavy atom. The fraction of sp³-hybridized carbons (Fsp3) is 0.667. The lowest BCUT2D eigenvalue weighted by atomic mass is 10.0. The number of likely N-dealkylation sites (tertiary alicyclic amines) is 1. The van der Waals surface area contributed by atoms with Crippen LogP contribution < -0.4 is 0 Å². The van der Waals surface area contributed by atoms with E-state index in [-0.39, 0.29) is 0 Å². The van der Waals surface area contributed by atoms with Crippen molar-refractivity contribution in [3.8, 4) is 0 Å². The van der Waals surface area contributed by atoms with Gasteiger partial charge in [-0.15, -0.1) is 0 Å². The lowest BCUT2D eigenvalue weighted by molar-refractivity contribution is 0.0118. The van der Waals surface area contributed by atoms with E-state index in [0.717, 1.165) is 19.7 Å². The Balaban J connectivity index is 1.89. The SMILES string of the molecule is CCN1CCC(N(CCc2ccccc2C)COC)CC1. The van der Waals surface area contributed by atoms with Crippen LogP contribution in [0.4, 0.5) is 0 Å². The molecule has 3 heteroatoms. The summed E-state index contributed by atoms with van der Waals surface area (Å²) in [5, 5.41) is 0. The molecule has 118 valence electrons. The minimum atomic E-state index is 0.678. The molecule has 1 heterocycles. The van der Waals surface area contributed by atoms with Crippen LogP contribution in [0.2, 0.25) is 0 Å². The number of nitrogens with zero attached hydrogens (tertiary/aromatic N) is 2. The first-order chi connectivity index (χ1) is 10.2. The fourth-order valence-corrected chi connectivity index (χ4v) is 3.27. The highest BCUT2D eigenvalue weighted by Crippen LogP contribution is 2.17. The van der Waals surface area contributed by atoms with Crippen molar-refractivity contribution >= 4 is 0 Å². The second-order valence-electron chi connectivity index (χ2n) is 6.07. The average molecular weight is 290 g/mol. The number of benzene rings is 1. The molecule has 0 atom stereocenters. The van der Waals surface area contributed by atoms with Gasteiger partial charge in [-0.25, -0.2) is 0 Å². The van der Waals surface area contributed by atoms with Crippen LogP contribution in [-0.4, -0.2) is 55.9 Å². The van der Waals surface area contributed by atoms with E-state index < -0.39 is 0 Å². The second kappa shape index (κ2) is 8.52. The Labute approximate surface area is 129 Å². The zero-order chi connectivity index (χ0) is 15.1. The Hall–Kier alpha value is -0.900. The number of piperidine rings is 1. The first kappa shape index (κ1) is 16.5. The molecule has 1 aliphatic heterocycles. The molecule has 0 saturated carbocycles. The second-order valence-corrected chi connectivity index (χ2v) is 6.07. The Bertz CT molecular complexity index is 413. The van der Waals surface area contributed by atoms with Gasteiger partial charge in [0.15, 0.2) is 0 Å². The average Bonchev–Trinajstić information content (AvgIpc) is 2.53. The fourth-order valence-electron chi connectivity index (χ4n) is 3.27. The van der Waals surface area contributed by atoms with Crippen LogP contribution >= 0.6 is 0 Å². The molecule has 21 heavy (non-hydrogen) atoms. The van der Waals surface area contributed by atoms with Crippen LogP contribution in [0.15, 0.2) is 24.3 Å². The standard InChI is InChI=1S/C18H30N2O/c1-4-19-12-10-18(11-13-19)20(15-21-3)14-9-17-8-6-5-7-16(17)2/h5-8,18H,4,9-15H2,1-3H3. The van der Waals surface area contributed by atoms with Crippen LogP contribution in [-0.2, 0) is 11.2 Å². The number of hydrogen-bond donors (Lipinski definition) is 0. The maximum absolute atomic E-state index is 5.44. The van der Waals surface area contributed by atoms with E-state index in [4.69, 9.17) is 4.74 Å². The highest BCUT2D eigenvalue weighted by Gasteiger charge is 2.23. The van der Waals surface area contributed by atoms with Crippen molar-refractivity contribution in [2.75, 3.05) is 40.0 Å². The summed E-state index contributed by atoms with van der Waals surface area (Å²) in [6, 6.07) is 9.39. The lowest BCUT2D eigenvalue weighted by Crippen LogP contribution is -2.46. The normalized spacial score (nSPS) is 17.5. The molecule has 0 aromatic heterocycles. The van der Waals surface area contributed by atoms with E-state index in [2.05, 4.69) is 47.9 Å². The van der Waals surface area contributed by atoms with Gasteiger partial charge in [-0.1, -0.05) is 31.2 Å². The molecule has 0 bridgehead atoms. The van der Waals surface area contributed by atoms with E-state index in [9.17, 15) is 0 Å². The molecule has 1 fully saturated rings. The Kier molecular flexibility index (Phi) is 6.68. The van der Waals surface area contributed by atoms with Gasteiger partial charge in [0.05, 0.1) is 6.73 Å². The Morgan fingerprint density at radius 3 is 2.57 bits per heavy atom. The predicted molar refractivity (Wildman–Crippen MR) is 88.6 cm³/mol. The van der Waals surface area contributed by atoms with Gasteiger partial charge >= 0.3 is 0 Å². The summed E-state index contributed by atoms with van der Waals surface area (Å²) in [7, 11) is 1.81. The summed E-state index contributed by atoms with van der Waals surface area (Å²) in [6.07, 6.45) is 3.65. The van der Waals surface area contributed by atoms with Crippen LogP contribution in [0.3, 0.4) is 0 Å². The molecule has 1 saturated heterocycles. The quantitative estimate of drug-likeness (QED) is 0.718. The molecule has 0 spiro atoms. The number of ether oxygens (including phenoxy) is 1. The van der Waals surface area contributed by atoms with Gasteiger partial charge in [0.1, 0.15) is 0 Å². The number of methoxy groups -OCH3 is 1. The van der Waals surface area contributed by atoms with Crippen molar-refractivity contribution in [3.63, 3.8) is 0 Å². The van der Waals surface area contributed by atoms with Crippen LogP contribution in [0.5, 0.6) is 0 Å². The smallest absolute Gasteiger partial charge is 0.0988 e. The minimum Gasteiger partial charge on any atom is -0.369 e. The van der Waals surface area contributed by atoms with E-state index in [1.54, 1.807) is 0 Å². The van der Waals surface area contributed by atoms with Gasteiger partial charge < -0.3 is 9.64 Å². The molecule has 0 unspecified atom stereocenters. The molecule has 1 aromatic rings. The van der Waals surface area contributed by atoms with Crippen molar-refractivity contribution in [2.45, 2.75) is 39.2 Å². The minimum absolute atomic E-state index is 0.678. The van der Waals surface area contributed by atoms with Gasteiger partial charge in [-0.3, -0.25) is 4.90 Å². The molecule has 1 aromatic carbocycles. The van der Waals surface area contributed by atoms with Crippen molar-refractivity contribution < 1.29 is 4.74 Å². The molecule has 1 aliphatic rings. The molecule has 0 N–H and O–H groups in total. The number of aryl methyl sites for hydroxylation is 1. The molecule has 2 rings (SSSR count). The van der Waals surface area contributed by atoms with E-state index in [1.165, 1.54) is 43.6 Å². The van der Waals surface area contributed by atoms with Crippen LogP contribution in [0.1, 0.15) is 30.9 Å². The Morgan fingerprint density at radius 1 is 1.24 bits per heavy atom. The van der Waals surface area contributed by atoms with E-state index in [0.29, 0.717) is 6.04 Å². The summed E-state index contributed by atoms with van der Waals surface area (Å²) in [4.78, 5) is 5.07. The van der Waals surface area contributed by atoms with Crippen molar-refractivity contribution in [3.05, 3.63) is 35.4 Å². The van der Waals surface area contributed by atoms with E-state index >= 15 is 0 Å². The van der Waals surface area contributed by atoms with E-state index in [1.807, 2.05) is 7.11 Å². The lowest BCUT2D eigenvalue weighted by Gasteiger charge is -2.38. The highest BCUT2D eigenvalue weighted by molar-refractivity contribution is 5.25. The maximum atomic E-state index is 5.44. The predicted octanol–water partition coefficient (Wildman–Crippen LogP) is 2.93. The van der Waals surface area contributed by atoms with Gasteiger partial charge in [0.25, 0.3) is 0 Å². The molecule has 0 amide bonds. The third-order valence-electron chi connectivity index (χ3n) is 4.75. The first-order valence-corrected chi connectivity index (χ1v) is 8.24. The summed E-state index contributed by atoms with van der Waals surface area (Å²) in [5.41, 5.74) is 2.86. The summed E-state index contributed by atoms with van der Waals surface area (Å²) < 4.78 is 5.44. The third kappa shape index (κ3) is 4.80. The maximum Gasteiger partial charge on any atom is 0.0988 e. The van der Waals surface area contributed by atoms with Gasteiger partial charge in [-0.05, 0) is 56.9 Å². The van der Waals surface area contributed by atoms with Gasteiger partial charge in [0, 0.05) is 19.7 Å². The molecule has 3 nitrogen and oxygen atoms in total. The molecular formula is C18H30N2O. The van der Waals surface area contributed by atoms with Crippen molar-refractivity contribution in [2.24, 2.45) is 0 Å². The number of hydrogen-bond acceptors (Lipinski definition) is 3. The molecule has 0 radical (unpaired) electrons. The zero-order valence-electron chi connectivity index (χ0n) is 13.8. The van der Waals surface area contributed by atoms with Crippen molar-refractivity contribution in [1.29, 1.82) is 0 Å². The van der Waals surface area contributed by atoms with Gasteiger partial charge in [-0.2, -0.15) is 0 Å². The van der Waals surface area contributed by atoms with Gasteiger partial charge in [0.2, 0.25) is 0 Å². The molecule has 0 aliphatic carbocycles. The summed E-state index contributed by atoms with van der Waals surface area (Å²) in [6.45, 7) is 9.94. The van der Waals surface area contributed by atoms with Crippen LogP contribution in [0.25, 0.3) is 0 Å². The van der Waals surface area contributed by atoms with Crippen molar-refractivity contribution in [1.82, 2.24) is 9.80 Å². The highest BCUT2D eigenvalue weighted by atomic mass is 16.5. The monoisotopic (exact) mass is 290 g/mol. The van der Waals surface area contributed by atoms with Crippen LogP contribution in [0, 0.1) is 6.92 Å². The molecular weight excluding hydrogens is 260 g/mol. The number of rotatable bonds is 7.